The molecule has 17 heavy (non-hydrogen) atoms. The van der Waals surface area contributed by atoms with Crippen LogP contribution in [0.2, 0.25) is 0 Å². The Balaban J connectivity index is 2.14. The molecule has 1 amide bonds. The van der Waals surface area contributed by atoms with Gasteiger partial charge in [-0.15, -0.1) is 0 Å². The number of carbonyl (C=O) groups excluding carboxylic acids is 1. The molecule has 0 bridgehead atoms. The quantitative estimate of drug-likeness (QED) is 0.874. The second kappa shape index (κ2) is 4.88. The minimum Gasteiger partial charge on any atom is -0.399 e. The molecule has 0 fully saturated rings. The van der Waals surface area contributed by atoms with Gasteiger partial charge in [0, 0.05) is 11.9 Å². The molecule has 3 N–H and O–H groups in total. The number of anilines is 2. The number of nitrogens with zero attached hydrogens (tertiary/aromatic N) is 3. The average Bonchev–Trinajstić information content (AvgIpc) is 2.32. The molecule has 86 valence electrons. The first kappa shape index (κ1) is 11.5. The third-order valence-corrected chi connectivity index (χ3v) is 2.29. The van der Waals surface area contributed by atoms with E-state index in [1.807, 2.05) is 0 Å². The van der Waals surface area contributed by atoms with E-state index >= 15 is 0 Å². The first-order valence-corrected chi connectivity index (χ1v) is 5.45. The van der Waals surface area contributed by atoms with Gasteiger partial charge in [0.15, 0.2) is 5.82 Å². The number of pyridine rings is 1. The van der Waals surface area contributed by atoms with Crippen LogP contribution in [0.3, 0.4) is 0 Å². The van der Waals surface area contributed by atoms with Gasteiger partial charge in [-0.3, -0.25) is 9.78 Å². The summed E-state index contributed by atoms with van der Waals surface area (Å²) in [4.78, 5) is 23.5. The van der Waals surface area contributed by atoms with E-state index in [-0.39, 0.29) is 11.6 Å². The maximum atomic E-state index is 11.7. The summed E-state index contributed by atoms with van der Waals surface area (Å²) in [6.07, 6.45) is 4.40. The van der Waals surface area contributed by atoms with E-state index < -0.39 is 0 Å². The number of nitrogens with one attached hydrogen (secondary N) is 1. The normalized spacial score (nSPS) is 9.94. The molecule has 0 saturated heterocycles. The molecule has 0 aromatic carbocycles. The minimum atomic E-state index is -0.381. The summed E-state index contributed by atoms with van der Waals surface area (Å²) in [6.45, 7) is 0. The van der Waals surface area contributed by atoms with Crippen molar-refractivity contribution in [3.8, 4) is 0 Å². The van der Waals surface area contributed by atoms with Crippen molar-refractivity contribution in [3.63, 3.8) is 0 Å². The van der Waals surface area contributed by atoms with Gasteiger partial charge in [-0.05, 0) is 28.1 Å². The van der Waals surface area contributed by atoms with E-state index in [1.165, 1.54) is 24.7 Å². The Morgan fingerprint density at radius 3 is 2.76 bits per heavy atom. The molecule has 0 radical (unpaired) electrons. The Morgan fingerprint density at radius 1 is 1.29 bits per heavy atom. The van der Waals surface area contributed by atoms with Crippen molar-refractivity contribution in [1.82, 2.24) is 15.0 Å². The van der Waals surface area contributed by atoms with Gasteiger partial charge in [-0.1, -0.05) is 0 Å². The third kappa shape index (κ3) is 2.97. The Labute approximate surface area is 105 Å². The Bertz CT molecular complexity index is 543. The molecule has 0 aliphatic carbocycles. The highest BCUT2D eigenvalue weighted by molar-refractivity contribution is 9.10. The number of nitrogen functional groups attached to an aromatic ring is 1. The molecule has 2 aromatic heterocycles. The zero-order valence-electron chi connectivity index (χ0n) is 8.59. The standard InChI is InChI=1S/C10H8BrN5O/c11-8-4-15-9(5-14-8)16-10(17)7-3-6(12)1-2-13-7/h1-5H,(H2,12,13)(H,15,16,17). The maximum Gasteiger partial charge on any atom is 0.275 e. The van der Waals surface area contributed by atoms with Crippen LogP contribution in [0.25, 0.3) is 0 Å². The molecule has 0 atom stereocenters. The SMILES string of the molecule is Nc1ccnc(C(=O)Nc2cnc(Br)cn2)c1. The highest BCUT2D eigenvalue weighted by Gasteiger charge is 2.08. The molecule has 0 unspecified atom stereocenters. The van der Waals surface area contributed by atoms with Crippen LogP contribution < -0.4 is 11.1 Å². The summed E-state index contributed by atoms with van der Waals surface area (Å²) >= 11 is 3.15. The summed E-state index contributed by atoms with van der Waals surface area (Å²) in [7, 11) is 0. The van der Waals surface area contributed by atoms with Gasteiger partial charge >= 0.3 is 0 Å². The van der Waals surface area contributed by atoms with Gasteiger partial charge in [0.1, 0.15) is 10.3 Å². The highest BCUT2D eigenvalue weighted by atomic mass is 79.9. The second-order valence-electron chi connectivity index (χ2n) is 3.15. The van der Waals surface area contributed by atoms with E-state index in [0.717, 1.165) is 0 Å². The molecule has 0 aliphatic rings. The van der Waals surface area contributed by atoms with Crippen molar-refractivity contribution in [3.05, 3.63) is 41.0 Å². The van der Waals surface area contributed by atoms with Gasteiger partial charge in [-0.2, -0.15) is 0 Å². The van der Waals surface area contributed by atoms with Crippen LogP contribution in [-0.4, -0.2) is 20.9 Å². The first-order valence-electron chi connectivity index (χ1n) is 4.65. The second-order valence-corrected chi connectivity index (χ2v) is 3.97. The molecular formula is C10H8BrN5O. The van der Waals surface area contributed by atoms with Crippen LogP contribution in [0.5, 0.6) is 0 Å². The summed E-state index contributed by atoms with van der Waals surface area (Å²) < 4.78 is 0.595. The van der Waals surface area contributed by atoms with Crippen LogP contribution in [0.1, 0.15) is 10.5 Å². The van der Waals surface area contributed by atoms with Crippen molar-refractivity contribution in [2.75, 3.05) is 11.1 Å². The smallest absolute Gasteiger partial charge is 0.275 e. The first-order chi connectivity index (χ1) is 8.15. The zero-order chi connectivity index (χ0) is 12.3. The van der Waals surface area contributed by atoms with Gasteiger partial charge in [-0.25, -0.2) is 9.97 Å². The lowest BCUT2D eigenvalue weighted by Crippen LogP contribution is -2.14. The predicted octanol–water partition coefficient (Wildman–Crippen LogP) is 1.47. The highest BCUT2D eigenvalue weighted by Crippen LogP contribution is 2.08. The Hall–Kier alpha value is -2.02. The van der Waals surface area contributed by atoms with Crippen LogP contribution >= 0.6 is 15.9 Å². The topological polar surface area (TPSA) is 93.8 Å². The van der Waals surface area contributed by atoms with E-state index in [0.29, 0.717) is 16.1 Å². The fourth-order valence-corrected chi connectivity index (χ4v) is 1.33. The van der Waals surface area contributed by atoms with Gasteiger partial charge in [0.25, 0.3) is 5.91 Å². The maximum absolute atomic E-state index is 11.7. The molecule has 2 rings (SSSR count). The number of hydrogen-bond donors (Lipinski definition) is 2. The van der Waals surface area contributed by atoms with E-state index in [1.54, 1.807) is 6.07 Å². The summed E-state index contributed by atoms with van der Waals surface area (Å²) in [5, 5.41) is 2.56. The fourth-order valence-electron chi connectivity index (χ4n) is 1.13. The third-order valence-electron chi connectivity index (χ3n) is 1.88. The van der Waals surface area contributed by atoms with Crippen molar-refractivity contribution in [1.29, 1.82) is 0 Å². The molecule has 0 aliphatic heterocycles. The molecule has 0 spiro atoms. The number of rotatable bonds is 2. The molecule has 7 heteroatoms. The van der Waals surface area contributed by atoms with Crippen LogP contribution in [-0.2, 0) is 0 Å². The predicted molar refractivity (Wildman–Crippen MR) is 66.3 cm³/mol. The number of carbonyl (C=O) groups is 1. The average molecular weight is 294 g/mol. The van der Waals surface area contributed by atoms with Gasteiger partial charge in [0.05, 0.1) is 12.4 Å². The minimum absolute atomic E-state index is 0.231. The molecule has 2 aromatic rings. The fraction of sp³-hybridized carbons (Fsp3) is 0. The summed E-state index contributed by atoms with van der Waals surface area (Å²) in [5.41, 5.74) is 6.27. The number of nitrogens with two attached hydrogens (primary N) is 1. The summed E-state index contributed by atoms with van der Waals surface area (Å²) in [5.74, 6) is -0.0312. The van der Waals surface area contributed by atoms with Crippen LogP contribution in [0.4, 0.5) is 11.5 Å². The number of amides is 1. The van der Waals surface area contributed by atoms with E-state index in [9.17, 15) is 4.79 Å². The number of hydrogen-bond acceptors (Lipinski definition) is 5. The molecule has 2 heterocycles. The number of halogens is 1. The Kier molecular flexibility index (Phi) is 3.29. The van der Waals surface area contributed by atoms with Crippen LogP contribution in [0.15, 0.2) is 35.3 Å². The van der Waals surface area contributed by atoms with Crippen molar-refractivity contribution in [2.24, 2.45) is 0 Å². The van der Waals surface area contributed by atoms with Gasteiger partial charge in [0.2, 0.25) is 0 Å². The Morgan fingerprint density at radius 2 is 2.12 bits per heavy atom. The van der Waals surface area contributed by atoms with Crippen LogP contribution in [0, 0.1) is 0 Å². The monoisotopic (exact) mass is 293 g/mol. The molecule has 6 nitrogen and oxygen atoms in total. The summed E-state index contributed by atoms with van der Waals surface area (Å²) in [6, 6.07) is 3.10. The lowest BCUT2D eigenvalue weighted by Gasteiger charge is -2.03. The largest absolute Gasteiger partial charge is 0.399 e. The van der Waals surface area contributed by atoms with Crippen molar-refractivity contribution >= 4 is 33.3 Å². The van der Waals surface area contributed by atoms with E-state index in [2.05, 4.69) is 36.2 Å². The van der Waals surface area contributed by atoms with Crippen molar-refractivity contribution in [2.45, 2.75) is 0 Å². The lowest BCUT2D eigenvalue weighted by atomic mass is 10.3. The van der Waals surface area contributed by atoms with Crippen molar-refractivity contribution < 1.29 is 4.79 Å². The molecule has 0 saturated carbocycles. The zero-order valence-corrected chi connectivity index (χ0v) is 10.2. The van der Waals surface area contributed by atoms with Gasteiger partial charge < -0.3 is 11.1 Å². The lowest BCUT2D eigenvalue weighted by molar-refractivity contribution is 0.102. The van der Waals surface area contributed by atoms with E-state index in [4.69, 9.17) is 5.73 Å². The number of aromatic nitrogens is 3. The molecular weight excluding hydrogens is 286 g/mol.